The van der Waals surface area contributed by atoms with E-state index in [2.05, 4.69) is 15.4 Å². The van der Waals surface area contributed by atoms with E-state index in [-0.39, 0.29) is 12.1 Å². The molecule has 1 aromatic carbocycles. The van der Waals surface area contributed by atoms with Gasteiger partial charge in [0.1, 0.15) is 5.82 Å². The number of benzene rings is 1. The SMILES string of the molecule is O[C@@H]1CCC[C@@H](Nc2ccc3ncc(-c4cccc(C(F)(F)F)c4)n3n2)CC1. The molecule has 0 amide bonds. The number of hydrogen-bond donors (Lipinski definition) is 2. The van der Waals surface area contributed by atoms with Gasteiger partial charge in [0.05, 0.1) is 23.6 Å². The van der Waals surface area contributed by atoms with E-state index in [1.54, 1.807) is 16.6 Å². The first-order valence-corrected chi connectivity index (χ1v) is 9.37. The third-order valence-corrected chi connectivity index (χ3v) is 5.14. The van der Waals surface area contributed by atoms with Gasteiger partial charge in [-0.2, -0.15) is 13.2 Å². The van der Waals surface area contributed by atoms with E-state index in [1.807, 2.05) is 6.07 Å². The van der Waals surface area contributed by atoms with Crippen molar-refractivity contribution in [2.75, 3.05) is 5.32 Å². The van der Waals surface area contributed by atoms with Crippen LogP contribution in [0.3, 0.4) is 0 Å². The van der Waals surface area contributed by atoms with Gasteiger partial charge in [0.25, 0.3) is 0 Å². The van der Waals surface area contributed by atoms with Crippen molar-refractivity contribution in [2.45, 2.75) is 50.4 Å². The van der Waals surface area contributed by atoms with Crippen molar-refractivity contribution in [1.82, 2.24) is 14.6 Å². The number of anilines is 1. The summed E-state index contributed by atoms with van der Waals surface area (Å²) in [7, 11) is 0. The van der Waals surface area contributed by atoms with Crippen molar-refractivity contribution in [3.63, 3.8) is 0 Å². The van der Waals surface area contributed by atoms with Crippen LogP contribution in [0.2, 0.25) is 0 Å². The van der Waals surface area contributed by atoms with E-state index in [4.69, 9.17) is 0 Å². The molecule has 148 valence electrons. The van der Waals surface area contributed by atoms with Crippen molar-refractivity contribution in [3.05, 3.63) is 48.2 Å². The zero-order valence-electron chi connectivity index (χ0n) is 15.2. The Morgan fingerprint density at radius 2 is 1.93 bits per heavy atom. The Hall–Kier alpha value is -2.61. The molecule has 0 saturated heterocycles. The number of imidazole rings is 1. The fourth-order valence-corrected chi connectivity index (χ4v) is 3.64. The average Bonchev–Trinajstić information content (AvgIpc) is 2.97. The Labute approximate surface area is 160 Å². The minimum atomic E-state index is -4.40. The van der Waals surface area contributed by atoms with Crippen LogP contribution in [0.15, 0.2) is 42.6 Å². The molecule has 28 heavy (non-hydrogen) atoms. The summed E-state index contributed by atoms with van der Waals surface area (Å²) in [4.78, 5) is 4.26. The number of hydrogen-bond acceptors (Lipinski definition) is 4. The summed E-state index contributed by atoms with van der Waals surface area (Å²) in [5.41, 5.74) is 0.770. The van der Waals surface area contributed by atoms with Crippen LogP contribution in [0.1, 0.15) is 37.7 Å². The molecule has 2 N–H and O–H groups in total. The maximum Gasteiger partial charge on any atom is 0.416 e. The molecule has 4 rings (SSSR count). The van der Waals surface area contributed by atoms with Crippen LogP contribution in [0.5, 0.6) is 0 Å². The van der Waals surface area contributed by atoms with Gasteiger partial charge in [0, 0.05) is 11.6 Å². The fraction of sp³-hybridized carbons (Fsp3) is 0.400. The van der Waals surface area contributed by atoms with Gasteiger partial charge in [-0.15, -0.1) is 5.10 Å². The first-order chi connectivity index (χ1) is 13.4. The highest BCUT2D eigenvalue weighted by Gasteiger charge is 2.30. The molecule has 0 radical (unpaired) electrons. The Morgan fingerprint density at radius 1 is 1.07 bits per heavy atom. The molecule has 8 heteroatoms. The van der Waals surface area contributed by atoms with Gasteiger partial charge in [0.2, 0.25) is 0 Å². The predicted octanol–water partition coefficient (Wildman–Crippen LogP) is 4.52. The number of fused-ring (bicyclic) bond motifs is 1. The van der Waals surface area contributed by atoms with Gasteiger partial charge in [0.15, 0.2) is 5.65 Å². The zero-order valence-corrected chi connectivity index (χ0v) is 15.2. The second-order valence-corrected chi connectivity index (χ2v) is 7.21. The first-order valence-electron chi connectivity index (χ1n) is 9.37. The number of rotatable bonds is 3. The quantitative estimate of drug-likeness (QED) is 0.646. The topological polar surface area (TPSA) is 62.5 Å². The van der Waals surface area contributed by atoms with E-state index < -0.39 is 11.7 Å². The Morgan fingerprint density at radius 3 is 2.75 bits per heavy atom. The van der Waals surface area contributed by atoms with E-state index in [9.17, 15) is 18.3 Å². The minimum absolute atomic E-state index is 0.211. The smallest absolute Gasteiger partial charge is 0.393 e. The maximum atomic E-state index is 13.0. The molecule has 0 bridgehead atoms. The second-order valence-electron chi connectivity index (χ2n) is 7.21. The number of halogens is 3. The number of nitrogens with one attached hydrogen (secondary N) is 1. The van der Waals surface area contributed by atoms with Crippen molar-refractivity contribution in [3.8, 4) is 11.3 Å². The first kappa shape index (κ1) is 18.7. The van der Waals surface area contributed by atoms with Gasteiger partial charge in [-0.05, 0) is 56.4 Å². The monoisotopic (exact) mass is 390 g/mol. The highest BCUT2D eigenvalue weighted by Crippen LogP contribution is 2.32. The lowest BCUT2D eigenvalue weighted by molar-refractivity contribution is -0.137. The largest absolute Gasteiger partial charge is 0.416 e. The molecule has 5 nitrogen and oxygen atoms in total. The molecule has 1 aliphatic rings. The molecule has 2 atom stereocenters. The van der Waals surface area contributed by atoms with Crippen LogP contribution in [0.25, 0.3) is 16.9 Å². The Kier molecular flexibility index (Phi) is 4.97. The molecule has 0 aliphatic heterocycles. The van der Waals surface area contributed by atoms with Crippen LogP contribution in [-0.4, -0.2) is 31.9 Å². The normalized spacial score (nSPS) is 20.9. The predicted molar refractivity (Wildman–Crippen MR) is 99.9 cm³/mol. The third kappa shape index (κ3) is 3.96. The number of aromatic nitrogens is 3. The van der Waals surface area contributed by atoms with Crippen molar-refractivity contribution in [2.24, 2.45) is 0 Å². The standard InChI is InChI=1S/C20H21F3N4O/c21-20(22,23)14-4-1-3-13(11-14)17-12-24-19-10-9-18(26-27(17)19)25-15-5-2-6-16(28)8-7-15/h1,3-4,9-12,15-16,28H,2,5-8H2,(H,25,26)/t15-,16-/m1/s1. The molecule has 0 unspecified atom stereocenters. The van der Waals surface area contributed by atoms with E-state index >= 15 is 0 Å². The molecule has 2 heterocycles. The number of aliphatic hydroxyl groups excluding tert-OH is 1. The third-order valence-electron chi connectivity index (χ3n) is 5.14. The average molecular weight is 390 g/mol. The van der Waals surface area contributed by atoms with Crippen molar-refractivity contribution < 1.29 is 18.3 Å². The fourth-order valence-electron chi connectivity index (χ4n) is 3.64. The number of aliphatic hydroxyl groups is 1. The van der Waals surface area contributed by atoms with Gasteiger partial charge in [-0.3, -0.25) is 0 Å². The van der Waals surface area contributed by atoms with Crippen LogP contribution in [0.4, 0.5) is 19.0 Å². The summed E-state index contributed by atoms with van der Waals surface area (Å²) in [5.74, 6) is 0.639. The summed E-state index contributed by atoms with van der Waals surface area (Å²) in [6.07, 6.45) is 1.19. The van der Waals surface area contributed by atoms with Crippen molar-refractivity contribution in [1.29, 1.82) is 0 Å². The highest BCUT2D eigenvalue weighted by atomic mass is 19.4. The van der Waals surface area contributed by atoms with Crippen LogP contribution >= 0.6 is 0 Å². The lowest BCUT2D eigenvalue weighted by atomic mass is 10.1. The lowest BCUT2D eigenvalue weighted by Crippen LogP contribution is -2.20. The summed E-state index contributed by atoms with van der Waals surface area (Å²) in [5, 5.41) is 17.7. The van der Waals surface area contributed by atoms with E-state index in [0.717, 1.165) is 44.2 Å². The maximum absolute atomic E-state index is 13.0. The van der Waals surface area contributed by atoms with Gasteiger partial charge < -0.3 is 10.4 Å². The summed E-state index contributed by atoms with van der Waals surface area (Å²) in [6.45, 7) is 0. The molecule has 1 aliphatic carbocycles. The highest BCUT2D eigenvalue weighted by molar-refractivity contribution is 5.64. The van der Waals surface area contributed by atoms with Crippen LogP contribution < -0.4 is 5.32 Å². The minimum Gasteiger partial charge on any atom is -0.393 e. The Bertz CT molecular complexity index is 969. The number of alkyl halides is 3. The van der Waals surface area contributed by atoms with Crippen molar-refractivity contribution >= 4 is 11.5 Å². The molecule has 0 spiro atoms. The van der Waals surface area contributed by atoms with Gasteiger partial charge in [-0.1, -0.05) is 12.1 Å². The lowest BCUT2D eigenvalue weighted by Gasteiger charge is -2.17. The van der Waals surface area contributed by atoms with Gasteiger partial charge in [-0.25, -0.2) is 9.50 Å². The van der Waals surface area contributed by atoms with E-state index in [0.29, 0.717) is 22.7 Å². The molecule has 1 fully saturated rings. The summed E-state index contributed by atoms with van der Waals surface area (Å²) < 4.78 is 40.7. The van der Waals surface area contributed by atoms with Crippen LogP contribution in [0, 0.1) is 0 Å². The van der Waals surface area contributed by atoms with Gasteiger partial charge >= 0.3 is 6.18 Å². The second kappa shape index (κ2) is 7.43. The van der Waals surface area contributed by atoms with Crippen LogP contribution in [-0.2, 0) is 6.18 Å². The summed E-state index contributed by atoms with van der Waals surface area (Å²) >= 11 is 0. The van der Waals surface area contributed by atoms with E-state index in [1.165, 1.54) is 12.3 Å². The molecular weight excluding hydrogens is 369 g/mol. The molecular formula is C20H21F3N4O. The summed E-state index contributed by atoms with van der Waals surface area (Å²) in [6, 6.07) is 8.98. The molecule has 1 saturated carbocycles. The Balaban J connectivity index is 1.63. The number of nitrogens with zero attached hydrogens (tertiary/aromatic N) is 3. The zero-order chi connectivity index (χ0) is 19.7. The molecule has 3 aromatic rings. The molecule has 2 aromatic heterocycles.